The fraction of sp³-hybridized carbons (Fsp3) is 0.625. The Hall–Kier alpha value is -0.910. The average molecular weight is 312 g/mol. The van der Waals surface area contributed by atoms with E-state index in [1.54, 1.807) is 12.1 Å². The van der Waals surface area contributed by atoms with E-state index in [1.165, 1.54) is 0 Å². The van der Waals surface area contributed by atoms with E-state index in [0.717, 1.165) is 31.4 Å². The second-order valence-corrected chi connectivity index (χ2v) is 6.94. The number of benzene rings is 1. The molecule has 1 unspecified atom stereocenters. The van der Waals surface area contributed by atoms with Crippen molar-refractivity contribution in [3.63, 3.8) is 0 Å². The van der Waals surface area contributed by atoms with Crippen molar-refractivity contribution in [1.82, 2.24) is 10.0 Å². The molecule has 4 nitrogen and oxygen atoms in total. The monoisotopic (exact) mass is 312 g/mol. The van der Waals surface area contributed by atoms with Gasteiger partial charge < -0.3 is 5.32 Å². The van der Waals surface area contributed by atoms with Gasteiger partial charge in [-0.1, -0.05) is 39.8 Å². The van der Waals surface area contributed by atoms with Crippen LogP contribution in [0.15, 0.2) is 29.2 Å². The summed E-state index contributed by atoms with van der Waals surface area (Å²) in [6, 6.07) is 7.42. The van der Waals surface area contributed by atoms with Gasteiger partial charge in [0.05, 0.1) is 4.90 Å². The fourth-order valence-corrected chi connectivity index (χ4v) is 3.84. The van der Waals surface area contributed by atoms with Gasteiger partial charge >= 0.3 is 0 Å². The largest absolute Gasteiger partial charge is 0.310 e. The van der Waals surface area contributed by atoms with Gasteiger partial charge in [0.25, 0.3) is 0 Å². The molecule has 2 N–H and O–H groups in total. The van der Waals surface area contributed by atoms with Gasteiger partial charge in [0.2, 0.25) is 10.0 Å². The summed E-state index contributed by atoms with van der Waals surface area (Å²) in [5, 5.41) is 3.38. The Balaban J connectivity index is 3.03. The van der Waals surface area contributed by atoms with Gasteiger partial charge in [-0.2, -0.15) is 0 Å². The van der Waals surface area contributed by atoms with E-state index in [1.807, 2.05) is 26.0 Å². The summed E-state index contributed by atoms with van der Waals surface area (Å²) >= 11 is 0. The first kappa shape index (κ1) is 18.1. The highest BCUT2D eigenvalue weighted by Gasteiger charge is 2.19. The number of hydrogen-bond acceptors (Lipinski definition) is 3. The maximum absolute atomic E-state index is 12.4. The lowest BCUT2D eigenvalue weighted by Gasteiger charge is -2.18. The Kier molecular flexibility index (Phi) is 7.35. The molecule has 1 aromatic carbocycles. The zero-order chi connectivity index (χ0) is 15.9. The van der Waals surface area contributed by atoms with Crippen molar-refractivity contribution in [2.24, 2.45) is 0 Å². The SMILES string of the molecule is CCNC(CC)c1cccc(S(=O)(=O)NC(CC)CC)c1. The van der Waals surface area contributed by atoms with Crippen molar-refractivity contribution in [2.45, 2.75) is 63.9 Å². The highest BCUT2D eigenvalue weighted by atomic mass is 32.2. The van der Waals surface area contributed by atoms with E-state index in [0.29, 0.717) is 4.90 Å². The van der Waals surface area contributed by atoms with Crippen molar-refractivity contribution in [2.75, 3.05) is 6.54 Å². The van der Waals surface area contributed by atoms with Gasteiger partial charge in [-0.05, 0) is 43.5 Å². The third-order valence-electron chi connectivity index (χ3n) is 3.74. The first-order chi connectivity index (χ1) is 9.98. The van der Waals surface area contributed by atoms with Crippen LogP contribution in [0.1, 0.15) is 58.6 Å². The summed E-state index contributed by atoms with van der Waals surface area (Å²) in [5.41, 5.74) is 1.02. The van der Waals surface area contributed by atoms with Gasteiger partial charge in [0.1, 0.15) is 0 Å². The topological polar surface area (TPSA) is 58.2 Å². The zero-order valence-electron chi connectivity index (χ0n) is 13.5. The number of hydrogen-bond donors (Lipinski definition) is 2. The van der Waals surface area contributed by atoms with E-state index in [9.17, 15) is 8.42 Å². The molecule has 0 amide bonds. The van der Waals surface area contributed by atoms with E-state index in [-0.39, 0.29) is 12.1 Å². The van der Waals surface area contributed by atoms with E-state index >= 15 is 0 Å². The quantitative estimate of drug-likeness (QED) is 0.736. The molecule has 0 fully saturated rings. The predicted octanol–water partition coefficient (Wildman–Crippen LogP) is 3.21. The molecular weight excluding hydrogens is 284 g/mol. The lowest BCUT2D eigenvalue weighted by Crippen LogP contribution is -2.34. The molecule has 1 aromatic rings. The standard InChI is InChI=1S/C16H28N2O2S/c1-5-14(6-2)18-21(19,20)15-11-9-10-13(12-15)16(7-3)17-8-4/h9-12,14,16-18H,5-8H2,1-4H3. The summed E-state index contributed by atoms with van der Waals surface area (Å²) in [6.45, 7) is 8.99. The number of sulfonamides is 1. The van der Waals surface area contributed by atoms with Gasteiger partial charge in [-0.15, -0.1) is 0 Å². The van der Waals surface area contributed by atoms with Crippen LogP contribution in [-0.4, -0.2) is 21.0 Å². The molecule has 1 atom stereocenters. The third-order valence-corrected chi connectivity index (χ3v) is 5.26. The predicted molar refractivity (Wildman–Crippen MR) is 87.8 cm³/mol. The second-order valence-electron chi connectivity index (χ2n) is 5.23. The van der Waals surface area contributed by atoms with Crippen molar-refractivity contribution < 1.29 is 8.42 Å². The Bertz CT molecular complexity index is 525. The van der Waals surface area contributed by atoms with Crippen LogP contribution < -0.4 is 10.0 Å². The molecule has 0 aliphatic rings. The molecular formula is C16H28N2O2S. The molecule has 5 heteroatoms. The van der Waals surface area contributed by atoms with Crippen LogP contribution in [0, 0.1) is 0 Å². The normalized spacial score (nSPS) is 13.6. The highest BCUT2D eigenvalue weighted by molar-refractivity contribution is 7.89. The lowest BCUT2D eigenvalue weighted by molar-refractivity contribution is 0.527. The summed E-state index contributed by atoms with van der Waals surface area (Å²) in [7, 11) is -3.44. The minimum absolute atomic E-state index is 0.00519. The van der Waals surface area contributed by atoms with Gasteiger partial charge in [-0.25, -0.2) is 13.1 Å². The summed E-state index contributed by atoms with van der Waals surface area (Å²) in [6.07, 6.45) is 2.52. The molecule has 0 aromatic heterocycles. The van der Waals surface area contributed by atoms with Crippen molar-refractivity contribution in [3.05, 3.63) is 29.8 Å². The molecule has 0 aliphatic carbocycles. The van der Waals surface area contributed by atoms with Gasteiger partial charge in [0.15, 0.2) is 0 Å². The maximum Gasteiger partial charge on any atom is 0.240 e. The van der Waals surface area contributed by atoms with Gasteiger partial charge in [0, 0.05) is 12.1 Å². The summed E-state index contributed by atoms with van der Waals surface area (Å²) < 4.78 is 27.7. The van der Waals surface area contributed by atoms with Crippen LogP contribution in [0.25, 0.3) is 0 Å². The highest BCUT2D eigenvalue weighted by Crippen LogP contribution is 2.20. The molecule has 21 heavy (non-hydrogen) atoms. The fourth-order valence-electron chi connectivity index (χ4n) is 2.39. The minimum Gasteiger partial charge on any atom is -0.310 e. The summed E-state index contributed by atoms with van der Waals surface area (Å²) in [5.74, 6) is 0. The lowest BCUT2D eigenvalue weighted by atomic mass is 10.0. The van der Waals surface area contributed by atoms with Crippen molar-refractivity contribution in [1.29, 1.82) is 0 Å². The van der Waals surface area contributed by atoms with Crippen LogP contribution in [0.4, 0.5) is 0 Å². The van der Waals surface area contributed by atoms with Crippen LogP contribution in [0.2, 0.25) is 0 Å². The summed E-state index contributed by atoms with van der Waals surface area (Å²) in [4.78, 5) is 0.350. The Morgan fingerprint density at radius 1 is 1.05 bits per heavy atom. The zero-order valence-corrected chi connectivity index (χ0v) is 14.3. The van der Waals surface area contributed by atoms with Crippen LogP contribution >= 0.6 is 0 Å². The first-order valence-corrected chi connectivity index (χ1v) is 9.32. The van der Waals surface area contributed by atoms with E-state index in [4.69, 9.17) is 0 Å². The smallest absolute Gasteiger partial charge is 0.240 e. The molecule has 0 saturated carbocycles. The van der Waals surface area contributed by atoms with Crippen molar-refractivity contribution >= 4 is 10.0 Å². The molecule has 0 bridgehead atoms. The molecule has 0 spiro atoms. The number of rotatable bonds is 9. The first-order valence-electron chi connectivity index (χ1n) is 7.84. The second kappa shape index (κ2) is 8.51. The number of nitrogens with one attached hydrogen (secondary N) is 2. The van der Waals surface area contributed by atoms with Crippen LogP contribution in [0.5, 0.6) is 0 Å². The molecule has 0 saturated heterocycles. The third kappa shape index (κ3) is 5.09. The van der Waals surface area contributed by atoms with Gasteiger partial charge in [-0.3, -0.25) is 0 Å². The molecule has 1 rings (SSSR count). The minimum atomic E-state index is -3.44. The molecule has 0 aliphatic heterocycles. The van der Waals surface area contributed by atoms with Crippen molar-refractivity contribution in [3.8, 4) is 0 Å². The average Bonchev–Trinajstić information content (AvgIpc) is 2.50. The molecule has 0 radical (unpaired) electrons. The Morgan fingerprint density at radius 3 is 2.24 bits per heavy atom. The van der Waals surface area contributed by atoms with Crippen LogP contribution in [-0.2, 0) is 10.0 Å². The Labute approximate surface area is 129 Å². The van der Waals surface area contributed by atoms with E-state index < -0.39 is 10.0 Å². The van der Waals surface area contributed by atoms with Crippen LogP contribution in [0.3, 0.4) is 0 Å². The maximum atomic E-state index is 12.4. The van der Waals surface area contributed by atoms with E-state index in [2.05, 4.69) is 23.9 Å². The molecule has 0 heterocycles. The molecule has 120 valence electrons. The Morgan fingerprint density at radius 2 is 1.71 bits per heavy atom.